The number of halogens is 3. The van der Waals surface area contributed by atoms with E-state index in [1.165, 1.54) is 0 Å². The number of alkyl halides is 3. The summed E-state index contributed by atoms with van der Waals surface area (Å²) in [4.78, 5) is 4.46. The largest absolute Gasteiger partial charge is 0.417 e. The van der Waals surface area contributed by atoms with Crippen LogP contribution in [0.25, 0.3) is 0 Å². The van der Waals surface area contributed by atoms with Gasteiger partial charge in [-0.25, -0.2) is 0 Å². The van der Waals surface area contributed by atoms with Crippen molar-refractivity contribution >= 4 is 5.71 Å². The second-order valence-corrected chi connectivity index (χ2v) is 9.80. The predicted octanol–water partition coefficient (Wildman–Crippen LogP) is 7.26. The highest BCUT2D eigenvalue weighted by molar-refractivity contribution is 6.12. The summed E-state index contributed by atoms with van der Waals surface area (Å²) >= 11 is 0. The van der Waals surface area contributed by atoms with Gasteiger partial charge in [0.05, 0.1) is 5.71 Å². The minimum Gasteiger partial charge on any atom is -0.380 e. The van der Waals surface area contributed by atoms with E-state index in [4.69, 9.17) is 0 Å². The van der Waals surface area contributed by atoms with Crippen molar-refractivity contribution in [3.05, 3.63) is 69.8 Å². The van der Waals surface area contributed by atoms with Gasteiger partial charge in [0.1, 0.15) is 0 Å². The van der Waals surface area contributed by atoms with Gasteiger partial charge in [0.15, 0.2) is 5.60 Å². The van der Waals surface area contributed by atoms with Gasteiger partial charge >= 0.3 is 6.18 Å². The Morgan fingerprint density at radius 3 is 2.39 bits per heavy atom. The van der Waals surface area contributed by atoms with Crippen molar-refractivity contribution in [2.24, 2.45) is 4.99 Å². The summed E-state index contributed by atoms with van der Waals surface area (Å²) in [6, 6.07) is 4.05. The summed E-state index contributed by atoms with van der Waals surface area (Å²) in [6.45, 7) is 10.2. The van der Waals surface area contributed by atoms with Crippen molar-refractivity contribution in [1.29, 1.82) is 0 Å². The maximum Gasteiger partial charge on any atom is 0.417 e. The number of allylic oxidation sites excluding steroid dienone is 5. The lowest BCUT2D eigenvalue weighted by molar-refractivity contribution is -0.267. The molecule has 2 aliphatic carbocycles. The summed E-state index contributed by atoms with van der Waals surface area (Å²) in [7, 11) is 0. The average Bonchev–Trinajstić information content (AvgIpc) is 2.74. The number of hydrogen-bond donors (Lipinski definition) is 1. The fraction of sp³-hybridized carbons (Fsp3) is 0.536. The molecule has 0 saturated carbocycles. The van der Waals surface area contributed by atoms with E-state index in [1.807, 2.05) is 71.1 Å². The van der Waals surface area contributed by atoms with Gasteiger partial charge in [-0.2, -0.15) is 13.2 Å². The number of hydrogen-bond acceptors (Lipinski definition) is 2. The van der Waals surface area contributed by atoms with Gasteiger partial charge < -0.3 is 5.11 Å². The molecule has 1 N–H and O–H groups in total. The van der Waals surface area contributed by atoms with Crippen LogP contribution in [0.2, 0.25) is 0 Å². The smallest absolute Gasteiger partial charge is 0.380 e. The second-order valence-electron chi connectivity index (χ2n) is 9.80. The zero-order valence-electron chi connectivity index (χ0n) is 20.4. The third-order valence-electron chi connectivity index (χ3n) is 7.27. The van der Waals surface area contributed by atoms with Crippen LogP contribution in [0.15, 0.2) is 52.6 Å². The lowest BCUT2D eigenvalue weighted by Gasteiger charge is -2.44. The van der Waals surface area contributed by atoms with Gasteiger partial charge in [-0.05, 0) is 92.2 Å². The highest BCUT2D eigenvalue weighted by Gasteiger charge is 2.57. The number of fused-ring (bicyclic) bond motifs is 1. The summed E-state index contributed by atoms with van der Waals surface area (Å²) in [6.07, 6.45) is 4.50. The average molecular weight is 460 g/mol. The molecule has 0 saturated heterocycles. The molecular weight excluding hydrogens is 423 g/mol. The van der Waals surface area contributed by atoms with Crippen LogP contribution < -0.4 is 0 Å². The molecule has 0 spiro atoms. The van der Waals surface area contributed by atoms with Crippen molar-refractivity contribution in [1.82, 2.24) is 0 Å². The van der Waals surface area contributed by atoms with Crippen LogP contribution in [-0.4, -0.2) is 29.1 Å². The Hall–Kier alpha value is -2.14. The first-order valence-corrected chi connectivity index (χ1v) is 12.0. The fourth-order valence-electron chi connectivity index (χ4n) is 5.74. The molecule has 0 amide bonds. The number of nitrogens with zero attached hydrogens (tertiary/aromatic N) is 1. The van der Waals surface area contributed by atoms with Crippen LogP contribution in [0.4, 0.5) is 13.2 Å². The van der Waals surface area contributed by atoms with Crippen molar-refractivity contribution in [2.75, 3.05) is 6.54 Å². The highest BCUT2D eigenvalue weighted by atomic mass is 19.4. The number of rotatable bonds is 6. The van der Waals surface area contributed by atoms with Gasteiger partial charge in [-0.3, -0.25) is 4.99 Å². The molecule has 2 nitrogen and oxygen atoms in total. The first-order chi connectivity index (χ1) is 15.5. The van der Waals surface area contributed by atoms with E-state index in [0.717, 1.165) is 35.1 Å². The van der Waals surface area contributed by atoms with Gasteiger partial charge in [-0.1, -0.05) is 49.8 Å². The lowest BCUT2D eigenvalue weighted by Crippen LogP contribution is -2.51. The summed E-state index contributed by atoms with van der Waals surface area (Å²) in [5.74, 6) is 0. The Bertz CT molecular complexity index is 1010. The zero-order valence-corrected chi connectivity index (χ0v) is 20.4. The highest BCUT2D eigenvalue weighted by Crippen LogP contribution is 2.50. The van der Waals surface area contributed by atoms with Crippen molar-refractivity contribution < 1.29 is 18.3 Å². The third-order valence-corrected chi connectivity index (χ3v) is 7.27. The minimum absolute atomic E-state index is 0.350. The fourth-order valence-corrected chi connectivity index (χ4v) is 5.74. The summed E-state index contributed by atoms with van der Waals surface area (Å²) in [5.41, 5.74) is 2.67. The molecule has 2 atom stereocenters. The van der Waals surface area contributed by atoms with Gasteiger partial charge in [0.25, 0.3) is 0 Å². The van der Waals surface area contributed by atoms with E-state index in [-0.39, 0.29) is 6.42 Å². The van der Waals surface area contributed by atoms with Crippen molar-refractivity contribution in [3.8, 4) is 0 Å². The van der Waals surface area contributed by atoms with E-state index < -0.39 is 23.6 Å². The number of aliphatic imine (C=N–C) groups is 1. The Kier molecular flexibility index (Phi) is 7.42. The standard InChI is InChI=1S/C28H36F3NO/c1-6-21(23-11-8-9-13-24(23)32-7-2)17-27(33,28(29,30)31)18-26(5)16-10-12-22-19(3)14-15-20(4)25(22)26/h8-9,11,13-15,33H,6-7,10,12,16-18H2,1-5H3/b23-21+,32-24?. The van der Waals surface area contributed by atoms with Crippen molar-refractivity contribution in [2.45, 2.75) is 90.3 Å². The first-order valence-electron chi connectivity index (χ1n) is 12.0. The Balaban J connectivity index is 2.08. The summed E-state index contributed by atoms with van der Waals surface area (Å²) in [5, 5.41) is 11.4. The topological polar surface area (TPSA) is 32.6 Å². The normalized spacial score (nSPS) is 25.2. The lowest BCUT2D eigenvalue weighted by atomic mass is 9.63. The summed E-state index contributed by atoms with van der Waals surface area (Å²) < 4.78 is 43.7. The molecule has 0 aliphatic heterocycles. The van der Waals surface area contributed by atoms with E-state index in [2.05, 4.69) is 4.99 Å². The Morgan fingerprint density at radius 2 is 1.76 bits per heavy atom. The number of benzene rings is 1. The molecule has 0 aromatic heterocycles. The monoisotopic (exact) mass is 459 g/mol. The van der Waals surface area contributed by atoms with Gasteiger partial charge in [0.2, 0.25) is 0 Å². The van der Waals surface area contributed by atoms with Crippen LogP contribution in [-0.2, 0) is 11.8 Å². The molecule has 0 fully saturated rings. The molecular formula is C28H36F3NO. The van der Waals surface area contributed by atoms with Crippen LogP contribution >= 0.6 is 0 Å². The quantitative estimate of drug-likeness (QED) is 0.477. The van der Waals surface area contributed by atoms with Crippen LogP contribution in [0, 0.1) is 13.8 Å². The molecule has 0 heterocycles. The molecule has 5 heteroatoms. The van der Waals surface area contributed by atoms with Gasteiger partial charge in [0, 0.05) is 13.0 Å². The van der Waals surface area contributed by atoms with E-state index >= 15 is 0 Å². The maximum absolute atomic E-state index is 14.6. The molecule has 2 aliphatic rings. The first kappa shape index (κ1) is 25.5. The third kappa shape index (κ3) is 5.03. The molecule has 3 rings (SSSR count). The molecule has 33 heavy (non-hydrogen) atoms. The molecule has 0 radical (unpaired) electrons. The molecule has 2 unspecified atom stereocenters. The Morgan fingerprint density at radius 1 is 1.09 bits per heavy atom. The second kappa shape index (κ2) is 9.61. The van der Waals surface area contributed by atoms with E-state index in [9.17, 15) is 18.3 Å². The van der Waals surface area contributed by atoms with Gasteiger partial charge in [-0.15, -0.1) is 0 Å². The molecule has 180 valence electrons. The minimum atomic E-state index is -4.75. The van der Waals surface area contributed by atoms with Crippen LogP contribution in [0.5, 0.6) is 0 Å². The molecule has 1 aromatic carbocycles. The predicted molar refractivity (Wildman–Crippen MR) is 130 cm³/mol. The number of aryl methyl sites for hydroxylation is 2. The maximum atomic E-state index is 14.6. The van der Waals surface area contributed by atoms with E-state index in [0.29, 0.717) is 36.2 Å². The van der Waals surface area contributed by atoms with Crippen LogP contribution in [0.1, 0.15) is 75.1 Å². The Labute approximate surface area is 196 Å². The molecule has 1 aromatic rings. The van der Waals surface area contributed by atoms with E-state index in [1.54, 1.807) is 0 Å². The SMILES string of the molecule is CCN=C1C=CC=C/C1=C(/CC)CC(O)(CC1(C)CCCc2c(C)ccc(C)c21)C(F)(F)F. The van der Waals surface area contributed by atoms with Crippen LogP contribution in [0.3, 0.4) is 0 Å². The van der Waals surface area contributed by atoms with Crippen molar-refractivity contribution in [3.63, 3.8) is 0 Å². The molecule has 0 bridgehead atoms. The zero-order chi connectivity index (χ0) is 24.4. The number of aliphatic hydroxyl groups is 1.